The maximum Gasteiger partial charge on any atom is 0.227 e. The van der Waals surface area contributed by atoms with Crippen LogP contribution in [0, 0.1) is 13.8 Å². The Morgan fingerprint density at radius 2 is 2.14 bits per heavy atom. The zero-order valence-corrected chi connectivity index (χ0v) is 12.8. The normalized spacial score (nSPS) is 26.7. The van der Waals surface area contributed by atoms with Crippen molar-refractivity contribution < 1.29 is 9.90 Å². The maximum atomic E-state index is 12.5. The Kier molecular flexibility index (Phi) is 3.99. The fourth-order valence-corrected chi connectivity index (χ4v) is 3.46. The monoisotopic (exact) mass is 292 g/mol. The fourth-order valence-electron chi connectivity index (χ4n) is 3.46. The van der Waals surface area contributed by atoms with Crippen LogP contribution in [0.4, 0.5) is 0 Å². The summed E-state index contributed by atoms with van der Waals surface area (Å²) in [6.07, 6.45) is 2.12. The van der Waals surface area contributed by atoms with Crippen LogP contribution >= 0.6 is 0 Å². The van der Waals surface area contributed by atoms with Crippen molar-refractivity contribution in [1.82, 2.24) is 20.0 Å². The highest BCUT2D eigenvalue weighted by atomic mass is 16.3. The molecule has 21 heavy (non-hydrogen) atoms. The van der Waals surface area contributed by atoms with Crippen molar-refractivity contribution in [2.45, 2.75) is 45.3 Å². The molecule has 2 N–H and O–H groups in total. The minimum atomic E-state index is -0.189. The Balaban J connectivity index is 1.57. The van der Waals surface area contributed by atoms with Gasteiger partial charge in [-0.3, -0.25) is 14.8 Å². The van der Waals surface area contributed by atoms with Gasteiger partial charge in [0, 0.05) is 43.5 Å². The SMILES string of the molecule is Cc1n[nH]c(C)c1CC(=O)N1CCC(N2CCC(O)C2)C1. The van der Waals surface area contributed by atoms with E-state index in [-0.39, 0.29) is 12.0 Å². The summed E-state index contributed by atoms with van der Waals surface area (Å²) in [4.78, 5) is 16.7. The van der Waals surface area contributed by atoms with Crippen molar-refractivity contribution in [3.8, 4) is 0 Å². The second-order valence-electron chi connectivity index (χ2n) is 6.31. The number of hydrogen-bond acceptors (Lipinski definition) is 4. The average Bonchev–Trinajstić information content (AvgIpc) is 3.15. The molecule has 2 saturated heterocycles. The Morgan fingerprint density at radius 3 is 2.76 bits per heavy atom. The predicted octanol–water partition coefficient (Wildman–Crippen LogP) is 0.237. The lowest BCUT2D eigenvalue weighted by Crippen LogP contribution is -2.38. The molecule has 3 heterocycles. The molecule has 1 aromatic heterocycles. The predicted molar refractivity (Wildman–Crippen MR) is 78.9 cm³/mol. The minimum absolute atomic E-state index is 0.185. The average molecular weight is 292 g/mol. The molecule has 0 saturated carbocycles. The van der Waals surface area contributed by atoms with Crippen LogP contribution < -0.4 is 0 Å². The fraction of sp³-hybridized carbons (Fsp3) is 0.733. The molecular formula is C15H24N4O2. The molecule has 6 nitrogen and oxygen atoms in total. The van der Waals surface area contributed by atoms with Crippen molar-refractivity contribution in [2.75, 3.05) is 26.2 Å². The Labute approximate surface area is 125 Å². The second kappa shape index (κ2) is 5.77. The summed E-state index contributed by atoms with van der Waals surface area (Å²) in [6, 6.07) is 0.414. The van der Waals surface area contributed by atoms with E-state index in [0.717, 1.165) is 56.0 Å². The van der Waals surface area contributed by atoms with E-state index in [0.29, 0.717) is 12.5 Å². The lowest BCUT2D eigenvalue weighted by molar-refractivity contribution is -0.129. The van der Waals surface area contributed by atoms with Gasteiger partial charge in [-0.15, -0.1) is 0 Å². The third-order valence-corrected chi connectivity index (χ3v) is 4.84. The number of aliphatic hydroxyl groups is 1. The van der Waals surface area contributed by atoms with Gasteiger partial charge in [-0.2, -0.15) is 5.10 Å². The number of H-pyrrole nitrogens is 1. The van der Waals surface area contributed by atoms with Gasteiger partial charge in [0.15, 0.2) is 0 Å². The third-order valence-electron chi connectivity index (χ3n) is 4.84. The molecule has 2 aliphatic heterocycles. The van der Waals surface area contributed by atoms with Crippen LogP contribution in [0.2, 0.25) is 0 Å². The topological polar surface area (TPSA) is 72.5 Å². The summed E-state index contributed by atoms with van der Waals surface area (Å²) < 4.78 is 0. The van der Waals surface area contributed by atoms with E-state index in [9.17, 15) is 9.90 Å². The van der Waals surface area contributed by atoms with Gasteiger partial charge in [-0.25, -0.2) is 0 Å². The first kappa shape index (κ1) is 14.5. The van der Waals surface area contributed by atoms with Gasteiger partial charge in [0.1, 0.15) is 0 Å². The van der Waals surface area contributed by atoms with E-state index in [2.05, 4.69) is 15.1 Å². The first-order chi connectivity index (χ1) is 10.0. The van der Waals surface area contributed by atoms with Crippen molar-refractivity contribution >= 4 is 5.91 Å². The van der Waals surface area contributed by atoms with Gasteiger partial charge in [0.05, 0.1) is 18.2 Å². The number of nitrogens with one attached hydrogen (secondary N) is 1. The Bertz CT molecular complexity index is 508. The number of nitrogens with zero attached hydrogens (tertiary/aromatic N) is 3. The quantitative estimate of drug-likeness (QED) is 0.837. The molecule has 1 aromatic rings. The molecule has 3 rings (SSSR count). The van der Waals surface area contributed by atoms with E-state index in [4.69, 9.17) is 0 Å². The third kappa shape index (κ3) is 2.96. The zero-order valence-electron chi connectivity index (χ0n) is 12.8. The van der Waals surface area contributed by atoms with Gasteiger partial charge in [-0.05, 0) is 26.7 Å². The van der Waals surface area contributed by atoms with Crippen LogP contribution in [0.5, 0.6) is 0 Å². The van der Waals surface area contributed by atoms with Gasteiger partial charge in [-0.1, -0.05) is 0 Å². The minimum Gasteiger partial charge on any atom is -0.392 e. The number of carbonyl (C=O) groups is 1. The highest BCUT2D eigenvalue weighted by Crippen LogP contribution is 2.22. The van der Waals surface area contributed by atoms with Crippen LogP contribution in [0.3, 0.4) is 0 Å². The van der Waals surface area contributed by atoms with Crippen LogP contribution in [-0.4, -0.2) is 69.3 Å². The number of amides is 1. The van der Waals surface area contributed by atoms with Crippen molar-refractivity contribution in [3.05, 3.63) is 17.0 Å². The molecular weight excluding hydrogens is 268 g/mol. The number of aromatic nitrogens is 2. The first-order valence-corrected chi connectivity index (χ1v) is 7.75. The molecule has 0 bridgehead atoms. The number of hydrogen-bond donors (Lipinski definition) is 2. The van der Waals surface area contributed by atoms with E-state index < -0.39 is 0 Å². The highest BCUT2D eigenvalue weighted by Gasteiger charge is 2.34. The van der Waals surface area contributed by atoms with Gasteiger partial charge in [0.2, 0.25) is 5.91 Å². The van der Waals surface area contributed by atoms with E-state index in [1.807, 2.05) is 18.7 Å². The molecule has 0 aliphatic carbocycles. The summed E-state index contributed by atoms with van der Waals surface area (Å²) in [6.45, 7) is 7.22. The molecule has 2 atom stereocenters. The molecule has 0 spiro atoms. The molecule has 2 fully saturated rings. The molecule has 1 amide bonds. The summed E-state index contributed by atoms with van der Waals surface area (Å²) in [5.74, 6) is 0.185. The van der Waals surface area contributed by atoms with Gasteiger partial charge in [0.25, 0.3) is 0 Å². The number of aryl methyl sites for hydroxylation is 2. The van der Waals surface area contributed by atoms with Crippen molar-refractivity contribution in [2.24, 2.45) is 0 Å². The van der Waals surface area contributed by atoms with E-state index in [1.54, 1.807) is 0 Å². The number of carbonyl (C=O) groups excluding carboxylic acids is 1. The summed E-state index contributed by atoms with van der Waals surface area (Å²) >= 11 is 0. The summed E-state index contributed by atoms with van der Waals surface area (Å²) in [5, 5.41) is 16.7. The molecule has 2 unspecified atom stereocenters. The number of β-amino-alcohol motifs (C(OH)–C–C–N with tert-alkyl or cyclic N) is 1. The molecule has 116 valence electrons. The van der Waals surface area contributed by atoms with Crippen LogP contribution in [0.25, 0.3) is 0 Å². The molecule has 0 aromatic carbocycles. The van der Waals surface area contributed by atoms with Gasteiger partial charge < -0.3 is 10.0 Å². The summed E-state index contributed by atoms with van der Waals surface area (Å²) in [7, 11) is 0. The molecule has 2 aliphatic rings. The lowest BCUT2D eigenvalue weighted by Gasteiger charge is -2.23. The largest absolute Gasteiger partial charge is 0.392 e. The lowest BCUT2D eigenvalue weighted by atomic mass is 10.1. The Hall–Kier alpha value is -1.40. The number of rotatable bonds is 3. The number of aliphatic hydroxyl groups excluding tert-OH is 1. The molecule has 0 radical (unpaired) electrons. The van der Waals surface area contributed by atoms with Crippen molar-refractivity contribution in [3.63, 3.8) is 0 Å². The van der Waals surface area contributed by atoms with Crippen LogP contribution in [-0.2, 0) is 11.2 Å². The van der Waals surface area contributed by atoms with Crippen LogP contribution in [0.15, 0.2) is 0 Å². The maximum absolute atomic E-state index is 12.5. The summed E-state index contributed by atoms with van der Waals surface area (Å²) in [5.41, 5.74) is 2.93. The first-order valence-electron chi connectivity index (χ1n) is 7.75. The van der Waals surface area contributed by atoms with Crippen molar-refractivity contribution in [1.29, 1.82) is 0 Å². The zero-order chi connectivity index (χ0) is 15.0. The standard InChI is InChI=1S/C15H24N4O2/c1-10-14(11(2)17-16-10)7-15(21)19-5-3-12(8-19)18-6-4-13(20)9-18/h12-13,20H,3-9H2,1-2H3,(H,16,17). The van der Waals surface area contributed by atoms with E-state index >= 15 is 0 Å². The highest BCUT2D eigenvalue weighted by molar-refractivity contribution is 5.79. The van der Waals surface area contributed by atoms with Gasteiger partial charge >= 0.3 is 0 Å². The number of aromatic amines is 1. The number of likely N-dealkylation sites (tertiary alicyclic amines) is 2. The van der Waals surface area contributed by atoms with E-state index in [1.165, 1.54) is 0 Å². The second-order valence-corrected chi connectivity index (χ2v) is 6.31. The van der Waals surface area contributed by atoms with Crippen LogP contribution in [0.1, 0.15) is 29.8 Å². The smallest absolute Gasteiger partial charge is 0.227 e. The Morgan fingerprint density at radius 1 is 1.33 bits per heavy atom. The molecule has 6 heteroatoms.